The largest absolute Gasteiger partial charge is 0.508 e. The third kappa shape index (κ3) is 1.56. The predicted octanol–water partition coefficient (Wildman–Crippen LogP) is 1.82. The molecule has 0 aliphatic rings. The van der Waals surface area contributed by atoms with Gasteiger partial charge in [0.1, 0.15) is 5.75 Å². The van der Waals surface area contributed by atoms with Crippen molar-refractivity contribution in [3.8, 4) is 5.75 Å². The van der Waals surface area contributed by atoms with Gasteiger partial charge in [0.15, 0.2) is 0 Å². The minimum absolute atomic E-state index is 0.227. The molecule has 0 heterocycles. The van der Waals surface area contributed by atoms with E-state index >= 15 is 0 Å². The molecule has 0 spiro atoms. The molecule has 0 amide bonds. The second-order valence-electron chi connectivity index (χ2n) is 2.73. The van der Waals surface area contributed by atoms with Gasteiger partial charge in [-0.05, 0) is 42.7 Å². The van der Waals surface area contributed by atoms with Gasteiger partial charge in [-0.1, -0.05) is 5.16 Å². The Balaban J connectivity index is 3.21. The molecule has 0 saturated carbocycles. The zero-order chi connectivity index (χ0) is 9.14. The fourth-order valence-electron chi connectivity index (χ4n) is 1.01. The SMILES string of the molecule is Cc1cc(/C=N/O)cc(O)c1C. The van der Waals surface area contributed by atoms with E-state index in [1.54, 1.807) is 6.07 Å². The van der Waals surface area contributed by atoms with Crippen molar-refractivity contribution >= 4 is 6.21 Å². The van der Waals surface area contributed by atoms with E-state index < -0.39 is 0 Å². The van der Waals surface area contributed by atoms with Crippen LogP contribution in [0.5, 0.6) is 5.75 Å². The maximum atomic E-state index is 9.36. The van der Waals surface area contributed by atoms with Gasteiger partial charge in [-0.2, -0.15) is 0 Å². The van der Waals surface area contributed by atoms with Crippen LogP contribution in [0.2, 0.25) is 0 Å². The molecule has 0 aliphatic heterocycles. The lowest BCUT2D eigenvalue weighted by Gasteiger charge is -2.03. The van der Waals surface area contributed by atoms with Crippen LogP contribution in [0.25, 0.3) is 0 Å². The van der Waals surface area contributed by atoms with Gasteiger partial charge in [-0.3, -0.25) is 0 Å². The molecule has 0 atom stereocenters. The molecule has 0 radical (unpaired) electrons. The minimum Gasteiger partial charge on any atom is -0.508 e. The van der Waals surface area contributed by atoms with Crippen molar-refractivity contribution in [2.24, 2.45) is 5.16 Å². The summed E-state index contributed by atoms with van der Waals surface area (Å²) in [6.45, 7) is 3.73. The van der Waals surface area contributed by atoms with Gasteiger partial charge in [0.05, 0.1) is 6.21 Å². The first kappa shape index (κ1) is 8.59. The van der Waals surface area contributed by atoms with Crippen molar-refractivity contribution < 1.29 is 10.3 Å². The summed E-state index contributed by atoms with van der Waals surface area (Å²) in [4.78, 5) is 0. The number of aromatic hydroxyl groups is 1. The van der Waals surface area contributed by atoms with Gasteiger partial charge in [0.25, 0.3) is 0 Å². The second kappa shape index (κ2) is 3.26. The smallest absolute Gasteiger partial charge is 0.119 e. The molecular formula is C9H11NO2. The van der Waals surface area contributed by atoms with Gasteiger partial charge in [0, 0.05) is 0 Å². The van der Waals surface area contributed by atoms with E-state index in [0.29, 0.717) is 5.56 Å². The first-order valence-corrected chi connectivity index (χ1v) is 3.63. The summed E-state index contributed by atoms with van der Waals surface area (Å²) in [7, 11) is 0. The summed E-state index contributed by atoms with van der Waals surface area (Å²) in [5.74, 6) is 0.227. The molecule has 1 aromatic rings. The van der Waals surface area contributed by atoms with E-state index in [0.717, 1.165) is 11.1 Å². The number of hydrogen-bond donors (Lipinski definition) is 2. The normalized spacial score (nSPS) is 10.8. The van der Waals surface area contributed by atoms with Gasteiger partial charge < -0.3 is 10.3 Å². The Morgan fingerprint density at radius 1 is 1.33 bits per heavy atom. The summed E-state index contributed by atoms with van der Waals surface area (Å²) in [6, 6.07) is 3.40. The van der Waals surface area contributed by atoms with E-state index in [9.17, 15) is 5.11 Å². The fourth-order valence-corrected chi connectivity index (χ4v) is 1.01. The number of phenolic OH excluding ortho intramolecular Hbond substituents is 1. The van der Waals surface area contributed by atoms with E-state index in [1.165, 1.54) is 6.21 Å². The Kier molecular flexibility index (Phi) is 2.33. The maximum Gasteiger partial charge on any atom is 0.119 e. The summed E-state index contributed by atoms with van der Waals surface area (Å²) in [5, 5.41) is 20.5. The maximum absolute atomic E-state index is 9.36. The van der Waals surface area contributed by atoms with E-state index in [2.05, 4.69) is 5.16 Å². The minimum atomic E-state index is 0.227. The van der Waals surface area contributed by atoms with Crippen LogP contribution < -0.4 is 0 Å². The standard InChI is InChI=1S/C9H11NO2/c1-6-3-8(5-10-12)4-9(11)7(6)2/h3-5,11-12H,1-2H3/b10-5+. The van der Waals surface area contributed by atoms with Crippen molar-refractivity contribution in [2.75, 3.05) is 0 Å². The highest BCUT2D eigenvalue weighted by atomic mass is 16.4. The molecule has 1 rings (SSSR count). The van der Waals surface area contributed by atoms with Crippen molar-refractivity contribution in [3.05, 3.63) is 28.8 Å². The Morgan fingerprint density at radius 2 is 2.00 bits per heavy atom. The molecule has 0 saturated heterocycles. The monoisotopic (exact) mass is 165 g/mol. The number of oxime groups is 1. The summed E-state index contributed by atoms with van der Waals surface area (Å²) in [6.07, 6.45) is 1.28. The number of phenols is 1. The second-order valence-corrected chi connectivity index (χ2v) is 2.73. The van der Waals surface area contributed by atoms with E-state index in [-0.39, 0.29) is 5.75 Å². The zero-order valence-electron chi connectivity index (χ0n) is 7.07. The summed E-state index contributed by atoms with van der Waals surface area (Å²) < 4.78 is 0. The quantitative estimate of drug-likeness (QED) is 0.379. The summed E-state index contributed by atoms with van der Waals surface area (Å²) >= 11 is 0. The number of rotatable bonds is 1. The zero-order valence-corrected chi connectivity index (χ0v) is 7.07. The van der Waals surface area contributed by atoms with Crippen LogP contribution >= 0.6 is 0 Å². The average Bonchev–Trinajstić information content (AvgIpc) is 2.01. The molecule has 0 aromatic heterocycles. The third-order valence-corrected chi connectivity index (χ3v) is 1.87. The number of aryl methyl sites for hydroxylation is 1. The molecule has 1 aromatic carbocycles. The van der Waals surface area contributed by atoms with Gasteiger partial charge in [-0.15, -0.1) is 0 Å². The highest BCUT2D eigenvalue weighted by Crippen LogP contribution is 2.20. The fraction of sp³-hybridized carbons (Fsp3) is 0.222. The number of hydrogen-bond acceptors (Lipinski definition) is 3. The van der Waals surface area contributed by atoms with Gasteiger partial charge in [-0.25, -0.2) is 0 Å². The molecule has 64 valence electrons. The van der Waals surface area contributed by atoms with Crippen LogP contribution in [0.4, 0.5) is 0 Å². The molecular weight excluding hydrogens is 154 g/mol. The average molecular weight is 165 g/mol. The molecule has 0 fully saturated rings. The highest BCUT2D eigenvalue weighted by molar-refractivity contribution is 5.80. The Morgan fingerprint density at radius 3 is 2.50 bits per heavy atom. The van der Waals surface area contributed by atoms with Crippen molar-refractivity contribution in [2.45, 2.75) is 13.8 Å². The molecule has 0 unspecified atom stereocenters. The first-order chi connectivity index (χ1) is 5.65. The lowest BCUT2D eigenvalue weighted by molar-refractivity contribution is 0.322. The van der Waals surface area contributed by atoms with Crippen molar-refractivity contribution in [3.63, 3.8) is 0 Å². The van der Waals surface area contributed by atoms with Crippen molar-refractivity contribution in [1.82, 2.24) is 0 Å². The molecule has 0 aliphatic carbocycles. The highest BCUT2D eigenvalue weighted by Gasteiger charge is 2.00. The van der Waals surface area contributed by atoms with Crippen LogP contribution in [-0.2, 0) is 0 Å². The Bertz CT molecular complexity index is 295. The summed E-state index contributed by atoms with van der Waals surface area (Å²) in [5.41, 5.74) is 2.52. The topological polar surface area (TPSA) is 52.8 Å². The molecule has 3 heteroatoms. The van der Waals surface area contributed by atoms with Crippen LogP contribution in [-0.4, -0.2) is 16.5 Å². The van der Waals surface area contributed by atoms with Crippen molar-refractivity contribution in [1.29, 1.82) is 0 Å². The van der Waals surface area contributed by atoms with E-state index in [4.69, 9.17) is 5.21 Å². The molecule has 3 nitrogen and oxygen atoms in total. The van der Waals surface area contributed by atoms with Crippen LogP contribution in [0.3, 0.4) is 0 Å². The number of benzene rings is 1. The number of nitrogens with zero attached hydrogens (tertiary/aromatic N) is 1. The first-order valence-electron chi connectivity index (χ1n) is 3.63. The molecule has 2 N–H and O–H groups in total. The van der Waals surface area contributed by atoms with Crippen LogP contribution in [0, 0.1) is 13.8 Å². The lowest BCUT2D eigenvalue weighted by atomic mass is 10.1. The van der Waals surface area contributed by atoms with Crippen LogP contribution in [0.15, 0.2) is 17.3 Å². The predicted molar refractivity (Wildman–Crippen MR) is 47.0 cm³/mol. The third-order valence-electron chi connectivity index (χ3n) is 1.87. The molecule has 12 heavy (non-hydrogen) atoms. The van der Waals surface area contributed by atoms with Gasteiger partial charge >= 0.3 is 0 Å². The Hall–Kier alpha value is -1.51. The van der Waals surface area contributed by atoms with Crippen LogP contribution in [0.1, 0.15) is 16.7 Å². The lowest BCUT2D eigenvalue weighted by Crippen LogP contribution is -1.87. The Labute approximate surface area is 71.0 Å². The van der Waals surface area contributed by atoms with Gasteiger partial charge in [0.2, 0.25) is 0 Å². The van der Waals surface area contributed by atoms with E-state index in [1.807, 2.05) is 19.9 Å². The molecule has 0 bridgehead atoms.